The predicted octanol–water partition coefficient (Wildman–Crippen LogP) is 27.6. The molecular weight excluding hydrogens is 1080 g/mol. The summed E-state index contributed by atoms with van der Waals surface area (Å²) >= 11 is 0. The third-order valence-electron chi connectivity index (χ3n) is 17.7. The van der Waals surface area contributed by atoms with Crippen LogP contribution in [0.1, 0.15) is 412 Å². The minimum Gasteiger partial charge on any atom is -0.462 e. The summed E-state index contributed by atoms with van der Waals surface area (Å²) in [6, 6.07) is 0. The van der Waals surface area contributed by atoms with E-state index in [-0.39, 0.29) is 25.2 Å². The maximum atomic E-state index is 12.4. The highest BCUT2D eigenvalue weighted by Crippen LogP contribution is 2.20. The number of hydrogen-bond acceptors (Lipinski definition) is 5. The molecule has 0 radical (unpaired) electrons. The summed E-state index contributed by atoms with van der Waals surface area (Å²) in [6.45, 7) is 4.08. The largest absolute Gasteiger partial charge is 0.462 e. The Bertz CT molecular complexity index is 1580. The first kappa shape index (κ1) is 85.1. The molecule has 0 fully saturated rings. The highest BCUT2D eigenvalue weighted by atomic mass is 16.6. The van der Waals surface area contributed by atoms with Crippen LogP contribution in [0.5, 0.6) is 0 Å². The Morgan fingerprint density at radius 3 is 0.739 bits per heavy atom. The van der Waals surface area contributed by atoms with Crippen molar-refractivity contribution in [2.75, 3.05) is 13.2 Å². The van der Waals surface area contributed by atoms with Crippen molar-refractivity contribution in [1.82, 2.24) is 0 Å². The summed E-state index contributed by atoms with van der Waals surface area (Å²) in [6.07, 6.45) is 111. The van der Waals surface area contributed by atoms with Crippen molar-refractivity contribution in [3.05, 3.63) is 85.1 Å². The van der Waals surface area contributed by atoms with Crippen LogP contribution < -0.4 is 0 Å². The van der Waals surface area contributed by atoms with E-state index in [1.807, 2.05) is 0 Å². The van der Waals surface area contributed by atoms with Gasteiger partial charge in [-0.1, -0.05) is 414 Å². The molecule has 5 nitrogen and oxygen atoms in total. The molecule has 1 unspecified atom stereocenters. The van der Waals surface area contributed by atoms with Gasteiger partial charge in [0.05, 0.1) is 6.61 Å². The third kappa shape index (κ3) is 75.5. The van der Waals surface area contributed by atoms with E-state index < -0.39 is 6.10 Å². The molecule has 1 atom stereocenters. The van der Waals surface area contributed by atoms with Gasteiger partial charge in [-0.3, -0.25) is 9.59 Å². The first-order valence-electron chi connectivity index (χ1n) is 39.1. The number of ether oxygens (including phenoxy) is 2. The summed E-state index contributed by atoms with van der Waals surface area (Å²) in [7, 11) is 0. The molecule has 0 amide bonds. The van der Waals surface area contributed by atoms with Gasteiger partial charge in [-0.05, 0) is 70.6 Å². The summed E-state index contributed by atoms with van der Waals surface area (Å²) in [5, 5.41) is 9.73. The SMILES string of the molecule is CC/C=C\C/C=C\C/C=C\C/C=C\C/C=C\C/C=C\C/C=C\CCCCCCCCCCCCCCCCCC(=O)OC(CO)COC(=O)CCCCCCCCCCCCCCCCCCCCCCCCCCCCCCCCCCCCCCC. The van der Waals surface area contributed by atoms with Crippen LogP contribution in [0, 0.1) is 0 Å². The number of carbonyl (C=O) groups is 2. The summed E-state index contributed by atoms with van der Waals surface area (Å²) in [5.74, 6) is -0.572. The van der Waals surface area contributed by atoms with Crippen molar-refractivity contribution in [2.24, 2.45) is 0 Å². The lowest BCUT2D eigenvalue weighted by atomic mass is 10.0. The molecule has 0 rings (SSSR count). The molecule has 88 heavy (non-hydrogen) atoms. The van der Waals surface area contributed by atoms with Crippen molar-refractivity contribution < 1.29 is 24.2 Å². The van der Waals surface area contributed by atoms with E-state index in [4.69, 9.17) is 9.47 Å². The molecule has 0 aliphatic rings. The zero-order valence-electron chi connectivity index (χ0n) is 59.0. The number of aliphatic hydroxyl groups excluding tert-OH is 1. The highest BCUT2D eigenvalue weighted by molar-refractivity contribution is 5.70. The Morgan fingerprint density at radius 2 is 0.489 bits per heavy atom. The van der Waals surface area contributed by atoms with Crippen LogP contribution in [0.2, 0.25) is 0 Å². The van der Waals surface area contributed by atoms with E-state index in [2.05, 4.69) is 98.9 Å². The van der Waals surface area contributed by atoms with Gasteiger partial charge in [0.15, 0.2) is 6.10 Å². The molecule has 0 heterocycles. The number of carbonyl (C=O) groups excluding carboxylic acids is 2. The molecule has 0 aromatic carbocycles. The quantitative estimate of drug-likeness (QED) is 0.0373. The van der Waals surface area contributed by atoms with Crippen molar-refractivity contribution in [3.8, 4) is 0 Å². The van der Waals surface area contributed by atoms with Crippen molar-refractivity contribution in [1.29, 1.82) is 0 Å². The van der Waals surface area contributed by atoms with Crippen molar-refractivity contribution in [3.63, 3.8) is 0 Å². The fourth-order valence-corrected chi connectivity index (χ4v) is 11.9. The van der Waals surface area contributed by atoms with Crippen molar-refractivity contribution >= 4 is 11.9 Å². The predicted molar refractivity (Wildman–Crippen MR) is 390 cm³/mol. The number of rotatable bonds is 73. The van der Waals surface area contributed by atoms with E-state index in [9.17, 15) is 14.7 Å². The Balaban J connectivity index is 3.41. The van der Waals surface area contributed by atoms with Gasteiger partial charge >= 0.3 is 11.9 Å². The van der Waals surface area contributed by atoms with E-state index >= 15 is 0 Å². The average Bonchev–Trinajstić information content (AvgIpc) is 3.55. The number of unbranched alkanes of at least 4 members (excludes halogenated alkanes) is 51. The van der Waals surface area contributed by atoms with Crippen LogP contribution in [0.3, 0.4) is 0 Å². The maximum absolute atomic E-state index is 12.4. The van der Waals surface area contributed by atoms with Gasteiger partial charge in [0.25, 0.3) is 0 Å². The number of esters is 2. The average molecular weight is 1230 g/mol. The lowest BCUT2D eigenvalue weighted by Crippen LogP contribution is -2.28. The highest BCUT2D eigenvalue weighted by Gasteiger charge is 2.16. The normalized spacial score (nSPS) is 12.6. The van der Waals surface area contributed by atoms with Gasteiger partial charge in [0.1, 0.15) is 6.61 Å². The number of hydrogen-bond donors (Lipinski definition) is 1. The molecule has 0 saturated heterocycles. The first-order valence-corrected chi connectivity index (χ1v) is 39.1. The zero-order chi connectivity index (χ0) is 63.3. The molecule has 0 saturated carbocycles. The van der Waals surface area contributed by atoms with Gasteiger partial charge in [-0.2, -0.15) is 0 Å². The second kappa shape index (κ2) is 78.3. The molecule has 0 aromatic rings. The molecule has 0 spiro atoms. The lowest BCUT2D eigenvalue weighted by Gasteiger charge is -2.15. The molecule has 1 N–H and O–H groups in total. The summed E-state index contributed by atoms with van der Waals surface area (Å²) in [5.41, 5.74) is 0. The zero-order valence-corrected chi connectivity index (χ0v) is 59.0. The Labute approximate surface area is 549 Å². The fourth-order valence-electron chi connectivity index (χ4n) is 11.9. The molecule has 0 aromatic heterocycles. The number of allylic oxidation sites excluding steroid dienone is 14. The Kier molecular flexibility index (Phi) is 75.7. The minimum atomic E-state index is -0.775. The van der Waals surface area contributed by atoms with E-state index in [0.29, 0.717) is 12.8 Å². The van der Waals surface area contributed by atoms with Gasteiger partial charge < -0.3 is 14.6 Å². The maximum Gasteiger partial charge on any atom is 0.306 e. The van der Waals surface area contributed by atoms with Crippen LogP contribution >= 0.6 is 0 Å². The minimum absolute atomic E-state index is 0.0630. The fraction of sp³-hybridized carbons (Fsp3) is 0.807. The van der Waals surface area contributed by atoms with Crippen LogP contribution in [0.15, 0.2) is 85.1 Å². The summed E-state index contributed by atoms with van der Waals surface area (Å²) in [4.78, 5) is 24.7. The first-order chi connectivity index (χ1) is 43.6. The molecular formula is C83H150O5. The van der Waals surface area contributed by atoms with Gasteiger partial charge in [-0.15, -0.1) is 0 Å². The second-order valence-electron chi connectivity index (χ2n) is 26.4. The molecule has 512 valence electrons. The van der Waals surface area contributed by atoms with Crippen LogP contribution in [0.25, 0.3) is 0 Å². The Morgan fingerprint density at radius 1 is 0.273 bits per heavy atom. The van der Waals surface area contributed by atoms with Gasteiger partial charge in [0, 0.05) is 12.8 Å². The summed E-state index contributed by atoms with van der Waals surface area (Å²) < 4.78 is 10.8. The number of aliphatic hydroxyl groups is 1. The van der Waals surface area contributed by atoms with Crippen molar-refractivity contribution in [2.45, 2.75) is 418 Å². The second-order valence-corrected chi connectivity index (χ2v) is 26.4. The van der Waals surface area contributed by atoms with E-state index in [1.165, 1.54) is 302 Å². The monoisotopic (exact) mass is 1230 g/mol. The van der Waals surface area contributed by atoms with Crippen LogP contribution in [0.4, 0.5) is 0 Å². The van der Waals surface area contributed by atoms with E-state index in [0.717, 1.165) is 83.5 Å². The van der Waals surface area contributed by atoms with Crippen LogP contribution in [-0.2, 0) is 19.1 Å². The Hall–Kier alpha value is -2.92. The van der Waals surface area contributed by atoms with Crippen LogP contribution in [-0.4, -0.2) is 36.4 Å². The van der Waals surface area contributed by atoms with Gasteiger partial charge in [-0.25, -0.2) is 0 Å². The van der Waals surface area contributed by atoms with E-state index in [1.54, 1.807) is 0 Å². The smallest absolute Gasteiger partial charge is 0.306 e. The molecule has 0 bridgehead atoms. The topological polar surface area (TPSA) is 72.8 Å². The third-order valence-corrected chi connectivity index (χ3v) is 17.7. The lowest BCUT2D eigenvalue weighted by molar-refractivity contribution is -0.161. The standard InChI is InChI=1S/C83H150O5/c1-3-5-7-9-11-13-15-17-19-21-23-25-27-29-31-33-35-37-39-41-43-45-47-49-51-53-55-57-59-61-63-65-67-69-71-73-75-77-82(85)87-80-81(79-84)88-83(86)78-76-74-72-70-68-66-64-62-60-58-56-54-52-50-48-46-44-42-40-38-36-34-32-30-28-26-24-22-20-18-16-14-12-10-8-6-4-2/h6,8,12,14,18,20,24,26,30,32,36,38,42,44,81,84H,3-5,7,9-11,13,15-17,19,21-23,25,27-29,31,33-35,37,39-41,43,45-80H2,1-2H3/b8-6-,14-12-,20-18-,26-24-,32-30-,38-36-,44-42-. The molecule has 0 aliphatic carbocycles. The molecule has 5 heteroatoms. The molecule has 0 aliphatic heterocycles. The van der Waals surface area contributed by atoms with Gasteiger partial charge in [0.2, 0.25) is 0 Å².